The molecule has 1 saturated heterocycles. The summed E-state index contributed by atoms with van der Waals surface area (Å²) in [5.41, 5.74) is 7.93. The van der Waals surface area contributed by atoms with Crippen molar-refractivity contribution in [1.82, 2.24) is 9.99 Å². The number of rotatable bonds is 4. The molecule has 1 aromatic heterocycles. The first kappa shape index (κ1) is 20.7. The highest BCUT2D eigenvalue weighted by molar-refractivity contribution is 8.18. The second-order valence-electron chi connectivity index (χ2n) is 7.24. The number of carbonyl (C=O) groups is 2. The lowest BCUT2D eigenvalue weighted by Crippen LogP contribution is -2.24. The Bertz CT molecular complexity index is 1230. The lowest BCUT2D eigenvalue weighted by atomic mass is 10.2. The van der Waals surface area contributed by atoms with E-state index >= 15 is 0 Å². The minimum absolute atomic E-state index is 0.185. The fourth-order valence-electron chi connectivity index (χ4n) is 3.28. The van der Waals surface area contributed by atoms with Crippen LogP contribution in [-0.4, -0.2) is 21.7 Å². The molecule has 0 unspecified atom stereocenters. The predicted molar refractivity (Wildman–Crippen MR) is 126 cm³/mol. The molecule has 6 nitrogen and oxygen atoms in total. The Labute approximate surface area is 185 Å². The number of nitrogens with one attached hydrogen (secondary N) is 2. The van der Waals surface area contributed by atoms with Crippen molar-refractivity contribution in [1.29, 1.82) is 0 Å². The van der Waals surface area contributed by atoms with E-state index in [9.17, 15) is 9.59 Å². The SMILES string of the molecule is Cc1ccccc1N=C1NC(=O)/C(=C/c2cc(C)n(NC(=O)c3ccccc3)c2C)S1. The molecule has 7 heteroatoms. The van der Waals surface area contributed by atoms with Crippen molar-refractivity contribution in [3.8, 4) is 0 Å². The molecule has 0 bridgehead atoms. The molecule has 2 amide bonds. The van der Waals surface area contributed by atoms with Crippen molar-refractivity contribution in [2.24, 2.45) is 4.99 Å². The lowest BCUT2D eigenvalue weighted by Gasteiger charge is -2.11. The number of amidine groups is 1. The van der Waals surface area contributed by atoms with Gasteiger partial charge in [-0.2, -0.15) is 0 Å². The van der Waals surface area contributed by atoms with Gasteiger partial charge in [0.15, 0.2) is 5.17 Å². The van der Waals surface area contributed by atoms with Gasteiger partial charge in [-0.3, -0.25) is 19.7 Å². The van der Waals surface area contributed by atoms with Gasteiger partial charge in [0, 0.05) is 17.0 Å². The summed E-state index contributed by atoms with van der Waals surface area (Å²) >= 11 is 1.31. The molecule has 2 N–H and O–H groups in total. The van der Waals surface area contributed by atoms with Crippen LogP contribution in [0.15, 0.2) is 70.6 Å². The number of para-hydroxylation sites is 1. The summed E-state index contributed by atoms with van der Waals surface area (Å²) in [6, 6.07) is 18.8. The van der Waals surface area contributed by atoms with Crippen molar-refractivity contribution in [2.45, 2.75) is 20.8 Å². The summed E-state index contributed by atoms with van der Waals surface area (Å²) in [7, 11) is 0. The van der Waals surface area contributed by atoms with E-state index in [1.54, 1.807) is 16.8 Å². The number of amides is 2. The van der Waals surface area contributed by atoms with Crippen LogP contribution >= 0.6 is 11.8 Å². The molecular weight excluding hydrogens is 408 g/mol. The largest absolute Gasteiger partial charge is 0.300 e. The maximum Gasteiger partial charge on any atom is 0.270 e. The Hall–Kier alpha value is -3.58. The van der Waals surface area contributed by atoms with Crippen LogP contribution in [0.25, 0.3) is 6.08 Å². The third kappa shape index (κ3) is 4.46. The predicted octanol–water partition coefficient (Wildman–Crippen LogP) is 4.69. The van der Waals surface area contributed by atoms with Gasteiger partial charge in [-0.25, -0.2) is 4.99 Å². The van der Waals surface area contributed by atoms with Gasteiger partial charge in [-0.15, -0.1) is 0 Å². The van der Waals surface area contributed by atoms with Crippen LogP contribution in [0.2, 0.25) is 0 Å². The molecule has 31 heavy (non-hydrogen) atoms. The number of nitrogens with zero attached hydrogens (tertiary/aromatic N) is 2. The second kappa shape index (κ2) is 8.65. The third-order valence-corrected chi connectivity index (χ3v) is 5.90. The van der Waals surface area contributed by atoms with E-state index in [0.29, 0.717) is 15.6 Å². The van der Waals surface area contributed by atoms with Crippen LogP contribution in [0, 0.1) is 20.8 Å². The molecule has 3 aromatic rings. The first-order valence-electron chi connectivity index (χ1n) is 9.83. The summed E-state index contributed by atoms with van der Waals surface area (Å²) in [4.78, 5) is 30.1. The number of benzene rings is 2. The number of carbonyl (C=O) groups excluding carboxylic acids is 2. The molecule has 1 aliphatic heterocycles. The molecule has 0 saturated carbocycles. The fourth-order valence-corrected chi connectivity index (χ4v) is 4.11. The first-order chi connectivity index (χ1) is 14.9. The Balaban J connectivity index is 1.57. The van der Waals surface area contributed by atoms with Crippen LogP contribution in [0.3, 0.4) is 0 Å². The monoisotopic (exact) mass is 430 g/mol. The highest BCUT2D eigenvalue weighted by Crippen LogP contribution is 2.30. The summed E-state index contributed by atoms with van der Waals surface area (Å²) in [6.07, 6.45) is 1.83. The van der Waals surface area contributed by atoms with E-state index in [0.717, 1.165) is 28.2 Å². The molecule has 1 fully saturated rings. The van der Waals surface area contributed by atoms with Crippen molar-refractivity contribution in [3.05, 3.63) is 93.6 Å². The number of hydrogen-bond acceptors (Lipinski definition) is 4. The minimum Gasteiger partial charge on any atom is -0.300 e. The smallest absolute Gasteiger partial charge is 0.270 e. The van der Waals surface area contributed by atoms with Gasteiger partial charge in [0.05, 0.1) is 10.6 Å². The van der Waals surface area contributed by atoms with Gasteiger partial charge in [-0.05, 0) is 74.0 Å². The Morgan fingerprint density at radius 3 is 2.52 bits per heavy atom. The number of thioether (sulfide) groups is 1. The number of hydrogen-bond donors (Lipinski definition) is 2. The average Bonchev–Trinajstić information content (AvgIpc) is 3.23. The fraction of sp³-hybridized carbons (Fsp3) is 0.125. The Morgan fingerprint density at radius 2 is 1.77 bits per heavy atom. The van der Waals surface area contributed by atoms with E-state index < -0.39 is 0 Å². The van der Waals surface area contributed by atoms with Gasteiger partial charge >= 0.3 is 0 Å². The molecule has 156 valence electrons. The van der Waals surface area contributed by atoms with Gasteiger partial charge in [-0.1, -0.05) is 36.4 Å². The van der Waals surface area contributed by atoms with Gasteiger partial charge < -0.3 is 5.32 Å². The van der Waals surface area contributed by atoms with Crippen LogP contribution in [0.4, 0.5) is 5.69 Å². The number of aromatic nitrogens is 1. The third-order valence-electron chi connectivity index (χ3n) is 4.99. The molecule has 1 aliphatic rings. The average molecular weight is 431 g/mol. The van der Waals surface area contributed by atoms with Gasteiger partial charge in [0.2, 0.25) is 0 Å². The zero-order valence-electron chi connectivity index (χ0n) is 17.5. The van der Waals surface area contributed by atoms with Crippen LogP contribution in [0.1, 0.15) is 32.9 Å². The molecular formula is C24H22N4O2S. The Kier molecular flexibility index (Phi) is 5.77. The maximum atomic E-state index is 12.5. The molecule has 0 atom stereocenters. The molecule has 2 heterocycles. The van der Waals surface area contributed by atoms with Crippen molar-refractivity contribution < 1.29 is 9.59 Å². The molecule has 0 radical (unpaired) electrons. The summed E-state index contributed by atoms with van der Waals surface area (Å²) in [6.45, 7) is 5.80. The van der Waals surface area contributed by atoms with Crippen molar-refractivity contribution >= 4 is 40.5 Å². The highest BCUT2D eigenvalue weighted by atomic mass is 32.2. The molecule has 0 aliphatic carbocycles. The van der Waals surface area contributed by atoms with E-state index in [2.05, 4.69) is 15.7 Å². The van der Waals surface area contributed by atoms with Crippen LogP contribution in [0.5, 0.6) is 0 Å². The van der Waals surface area contributed by atoms with Gasteiger partial charge in [0.25, 0.3) is 11.8 Å². The minimum atomic E-state index is -0.192. The van der Waals surface area contributed by atoms with E-state index in [4.69, 9.17) is 0 Å². The molecule has 4 rings (SSSR count). The quantitative estimate of drug-likeness (QED) is 0.590. The van der Waals surface area contributed by atoms with E-state index in [-0.39, 0.29) is 11.8 Å². The molecule has 0 spiro atoms. The van der Waals surface area contributed by atoms with Gasteiger partial charge in [0.1, 0.15) is 0 Å². The molecule has 2 aromatic carbocycles. The second-order valence-corrected chi connectivity index (χ2v) is 8.27. The van der Waals surface area contributed by atoms with Crippen LogP contribution in [-0.2, 0) is 4.79 Å². The standard InChI is InChI=1S/C24H22N4O2S/c1-15-9-7-8-12-20(15)25-24-26-23(30)21(31-24)14-19-13-16(2)28(17(19)3)27-22(29)18-10-5-4-6-11-18/h4-14H,1-3H3,(H,27,29)(H,25,26,30)/b21-14-. The normalized spacial score (nSPS) is 16.0. The summed E-state index contributed by atoms with van der Waals surface area (Å²) in [5, 5.41) is 3.38. The van der Waals surface area contributed by atoms with Crippen molar-refractivity contribution in [3.63, 3.8) is 0 Å². The lowest BCUT2D eigenvalue weighted by molar-refractivity contribution is -0.115. The maximum absolute atomic E-state index is 12.5. The topological polar surface area (TPSA) is 75.5 Å². The van der Waals surface area contributed by atoms with E-state index in [1.165, 1.54) is 11.8 Å². The zero-order chi connectivity index (χ0) is 22.0. The summed E-state index contributed by atoms with van der Waals surface area (Å²) < 4.78 is 1.74. The number of aliphatic imine (C=N–C) groups is 1. The van der Waals surface area contributed by atoms with E-state index in [1.807, 2.05) is 75.4 Å². The highest BCUT2D eigenvalue weighted by Gasteiger charge is 2.25. The van der Waals surface area contributed by atoms with Crippen molar-refractivity contribution in [2.75, 3.05) is 5.43 Å². The first-order valence-corrected chi connectivity index (χ1v) is 10.6. The summed E-state index contributed by atoms with van der Waals surface area (Å²) in [5.74, 6) is -0.377. The van der Waals surface area contributed by atoms with Crippen LogP contribution < -0.4 is 10.7 Å². The Morgan fingerprint density at radius 1 is 1.06 bits per heavy atom. The number of aryl methyl sites for hydroxylation is 2. The zero-order valence-corrected chi connectivity index (χ0v) is 18.3.